The van der Waals surface area contributed by atoms with E-state index in [2.05, 4.69) is 17.0 Å². The van der Waals surface area contributed by atoms with Gasteiger partial charge in [-0.1, -0.05) is 30.3 Å². The molecule has 25 heavy (non-hydrogen) atoms. The molecule has 1 fully saturated rings. The first-order valence-corrected chi connectivity index (χ1v) is 8.48. The molecular formula is C20H23NO4. The topological polar surface area (TPSA) is 51.9 Å². The SMILES string of the molecule is Cc1ccc(C=CC(=O)OCC2CN(Cc3ccccc3)CCO2)o1. The Morgan fingerprint density at radius 1 is 1.28 bits per heavy atom. The summed E-state index contributed by atoms with van der Waals surface area (Å²) in [4.78, 5) is 14.1. The number of benzene rings is 1. The number of rotatable bonds is 6. The van der Waals surface area contributed by atoms with Crippen LogP contribution >= 0.6 is 0 Å². The van der Waals surface area contributed by atoms with E-state index in [1.807, 2.05) is 37.3 Å². The molecule has 1 unspecified atom stereocenters. The number of carbonyl (C=O) groups is 1. The van der Waals surface area contributed by atoms with Gasteiger partial charge in [-0.15, -0.1) is 0 Å². The van der Waals surface area contributed by atoms with Crippen molar-refractivity contribution in [2.75, 3.05) is 26.3 Å². The van der Waals surface area contributed by atoms with E-state index in [-0.39, 0.29) is 12.7 Å². The van der Waals surface area contributed by atoms with E-state index in [0.29, 0.717) is 12.4 Å². The van der Waals surface area contributed by atoms with Crippen molar-refractivity contribution in [1.29, 1.82) is 0 Å². The second-order valence-corrected chi connectivity index (χ2v) is 6.13. The van der Waals surface area contributed by atoms with Crippen molar-refractivity contribution in [3.8, 4) is 0 Å². The predicted molar refractivity (Wildman–Crippen MR) is 94.9 cm³/mol. The first-order chi connectivity index (χ1) is 12.2. The standard InChI is InChI=1S/C20H23NO4/c1-16-7-8-18(25-16)9-10-20(22)24-15-19-14-21(11-12-23-19)13-17-5-3-2-4-6-17/h2-10,19H,11-15H2,1H3. The molecule has 1 aromatic carbocycles. The van der Waals surface area contributed by atoms with E-state index < -0.39 is 5.97 Å². The summed E-state index contributed by atoms with van der Waals surface area (Å²) in [5, 5.41) is 0. The van der Waals surface area contributed by atoms with Crippen molar-refractivity contribution < 1.29 is 18.7 Å². The number of hydrogen-bond donors (Lipinski definition) is 0. The van der Waals surface area contributed by atoms with E-state index >= 15 is 0 Å². The molecule has 2 heterocycles. The maximum absolute atomic E-state index is 11.8. The summed E-state index contributed by atoms with van der Waals surface area (Å²) >= 11 is 0. The van der Waals surface area contributed by atoms with Gasteiger partial charge in [0, 0.05) is 25.7 Å². The first-order valence-electron chi connectivity index (χ1n) is 8.48. The minimum atomic E-state index is -0.391. The normalized spacial score (nSPS) is 18.5. The highest BCUT2D eigenvalue weighted by Gasteiger charge is 2.21. The molecular weight excluding hydrogens is 318 g/mol. The van der Waals surface area contributed by atoms with E-state index in [1.165, 1.54) is 11.6 Å². The summed E-state index contributed by atoms with van der Waals surface area (Å²) < 4.78 is 16.4. The van der Waals surface area contributed by atoms with Gasteiger partial charge >= 0.3 is 5.97 Å². The quantitative estimate of drug-likeness (QED) is 0.597. The number of hydrogen-bond acceptors (Lipinski definition) is 5. The van der Waals surface area contributed by atoms with E-state index in [0.717, 1.165) is 25.4 Å². The van der Waals surface area contributed by atoms with Crippen LogP contribution in [0, 0.1) is 6.92 Å². The minimum Gasteiger partial charge on any atom is -0.462 e. The summed E-state index contributed by atoms with van der Waals surface area (Å²) in [6, 6.07) is 14.0. The van der Waals surface area contributed by atoms with Crippen molar-refractivity contribution in [1.82, 2.24) is 4.90 Å². The van der Waals surface area contributed by atoms with Crippen molar-refractivity contribution in [3.05, 3.63) is 65.6 Å². The Bertz CT molecular complexity index is 707. The molecule has 5 nitrogen and oxygen atoms in total. The Hall–Kier alpha value is -2.37. The molecule has 0 bridgehead atoms. The lowest BCUT2D eigenvalue weighted by Gasteiger charge is -2.32. The molecule has 5 heteroatoms. The van der Waals surface area contributed by atoms with E-state index in [9.17, 15) is 4.79 Å². The lowest BCUT2D eigenvalue weighted by Crippen LogP contribution is -2.44. The Morgan fingerprint density at radius 2 is 2.12 bits per heavy atom. The summed E-state index contributed by atoms with van der Waals surface area (Å²) in [6.45, 7) is 5.28. The zero-order chi connectivity index (χ0) is 17.5. The van der Waals surface area contributed by atoms with E-state index in [4.69, 9.17) is 13.9 Å². The number of carbonyl (C=O) groups excluding carboxylic acids is 1. The number of nitrogens with zero attached hydrogens (tertiary/aromatic N) is 1. The van der Waals surface area contributed by atoms with Gasteiger partial charge in [-0.05, 0) is 30.7 Å². The van der Waals surface area contributed by atoms with Gasteiger partial charge in [0.1, 0.15) is 24.2 Å². The summed E-state index contributed by atoms with van der Waals surface area (Å²) in [5.41, 5.74) is 1.27. The zero-order valence-electron chi connectivity index (χ0n) is 14.4. The molecule has 1 aliphatic rings. The largest absolute Gasteiger partial charge is 0.462 e. The Labute approximate surface area is 147 Å². The highest BCUT2D eigenvalue weighted by atomic mass is 16.6. The number of ether oxygens (including phenoxy) is 2. The monoisotopic (exact) mass is 341 g/mol. The number of esters is 1. The molecule has 0 saturated carbocycles. The third-order valence-electron chi connectivity index (χ3n) is 4.03. The van der Waals surface area contributed by atoms with Gasteiger partial charge in [-0.2, -0.15) is 0 Å². The molecule has 3 rings (SSSR count). The molecule has 1 atom stereocenters. The molecule has 1 aromatic heterocycles. The first kappa shape index (κ1) is 17.5. The van der Waals surface area contributed by atoms with Crippen molar-refractivity contribution in [3.63, 3.8) is 0 Å². The minimum absolute atomic E-state index is 0.0966. The van der Waals surface area contributed by atoms with E-state index in [1.54, 1.807) is 6.08 Å². The van der Waals surface area contributed by atoms with Gasteiger partial charge < -0.3 is 13.9 Å². The van der Waals surface area contributed by atoms with Gasteiger partial charge in [0.15, 0.2) is 0 Å². The Kier molecular flexibility index (Phi) is 6.04. The molecule has 132 valence electrons. The van der Waals surface area contributed by atoms with Crippen LogP contribution in [0.4, 0.5) is 0 Å². The van der Waals surface area contributed by atoms with Crippen LogP contribution in [0.15, 0.2) is 53.0 Å². The van der Waals surface area contributed by atoms with Crippen LogP contribution in [0.25, 0.3) is 6.08 Å². The lowest BCUT2D eigenvalue weighted by atomic mass is 10.2. The maximum atomic E-state index is 11.8. The maximum Gasteiger partial charge on any atom is 0.330 e. The number of morpholine rings is 1. The van der Waals surface area contributed by atoms with Gasteiger partial charge in [-0.25, -0.2) is 4.79 Å². The second-order valence-electron chi connectivity index (χ2n) is 6.13. The molecule has 0 aliphatic carbocycles. The Balaban J connectivity index is 1.43. The molecule has 1 aliphatic heterocycles. The summed E-state index contributed by atoms with van der Waals surface area (Å²) in [6.07, 6.45) is 2.89. The third-order valence-corrected chi connectivity index (χ3v) is 4.03. The average molecular weight is 341 g/mol. The molecule has 0 spiro atoms. The Morgan fingerprint density at radius 3 is 2.88 bits per heavy atom. The molecule has 2 aromatic rings. The fraction of sp³-hybridized carbons (Fsp3) is 0.350. The number of furan rings is 1. The molecule has 1 saturated heterocycles. The fourth-order valence-electron chi connectivity index (χ4n) is 2.78. The zero-order valence-corrected chi connectivity index (χ0v) is 14.4. The lowest BCUT2D eigenvalue weighted by molar-refractivity contribution is -0.144. The van der Waals surface area contributed by atoms with Crippen LogP contribution in [0.1, 0.15) is 17.1 Å². The van der Waals surface area contributed by atoms with Crippen molar-refractivity contribution in [2.24, 2.45) is 0 Å². The van der Waals surface area contributed by atoms with Gasteiger partial charge in [0.25, 0.3) is 0 Å². The van der Waals surface area contributed by atoms with Crippen LogP contribution in [0.5, 0.6) is 0 Å². The third kappa shape index (κ3) is 5.59. The highest BCUT2D eigenvalue weighted by molar-refractivity contribution is 5.86. The van der Waals surface area contributed by atoms with Crippen LogP contribution in [-0.4, -0.2) is 43.3 Å². The highest BCUT2D eigenvalue weighted by Crippen LogP contribution is 2.11. The predicted octanol–water partition coefficient (Wildman–Crippen LogP) is 3.05. The summed E-state index contributed by atoms with van der Waals surface area (Å²) in [7, 11) is 0. The van der Waals surface area contributed by atoms with Gasteiger partial charge in [0.2, 0.25) is 0 Å². The number of aryl methyl sites for hydroxylation is 1. The van der Waals surface area contributed by atoms with Crippen LogP contribution < -0.4 is 0 Å². The van der Waals surface area contributed by atoms with Gasteiger partial charge in [-0.3, -0.25) is 4.90 Å². The molecule has 0 radical (unpaired) electrons. The van der Waals surface area contributed by atoms with Crippen LogP contribution in [0.2, 0.25) is 0 Å². The van der Waals surface area contributed by atoms with Crippen LogP contribution in [0.3, 0.4) is 0 Å². The van der Waals surface area contributed by atoms with Crippen LogP contribution in [-0.2, 0) is 20.8 Å². The van der Waals surface area contributed by atoms with Crippen molar-refractivity contribution in [2.45, 2.75) is 19.6 Å². The fourth-order valence-corrected chi connectivity index (χ4v) is 2.78. The average Bonchev–Trinajstić information content (AvgIpc) is 3.05. The smallest absolute Gasteiger partial charge is 0.330 e. The summed E-state index contributed by atoms with van der Waals surface area (Å²) in [5.74, 6) is 1.05. The molecule has 0 amide bonds. The molecule has 0 N–H and O–H groups in total. The second kappa shape index (κ2) is 8.65. The van der Waals surface area contributed by atoms with Crippen molar-refractivity contribution >= 4 is 12.0 Å². The van der Waals surface area contributed by atoms with Gasteiger partial charge in [0.05, 0.1) is 6.61 Å².